The smallest absolute Gasteiger partial charge is 0.341 e. The highest BCUT2D eigenvalue weighted by atomic mass is 32.1. The first-order valence-electron chi connectivity index (χ1n) is 8.47. The molecule has 2 heterocycles. The van der Waals surface area contributed by atoms with E-state index < -0.39 is 17.0 Å². The first-order valence-corrected chi connectivity index (χ1v) is 9.35. The van der Waals surface area contributed by atoms with Crippen LogP contribution >= 0.6 is 11.3 Å². The molecule has 2 aromatic rings. The summed E-state index contributed by atoms with van der Waals surface area (Å²) in [5.74, 6) is -0.909. The van der Waals surface area contributed by atoms with Gasteiger partial charge in [0.25, 0.3) is 11.6 Å². The normalized spacial score (nSPS) is 16.1. The molecule has 0 spiro atoms. The van der Waals surface area contributed by atoms with E-state index in [4.69, 9.17) is 9.47 Å². The van der Waals surface area contributed by atoms with Crippen LogP contribution in [0, 0.1) is 10.1 Å². The summed E-state index contributed by atoms with van der Waals surface area (Å²) >= 11 is 1.17. The van der Waals surface area contributed by atoms with Crippen LogP contribution < -0.4 is 5.32 Å². The summed E-state index contributed by atoms with van der Waals surface area (Å²) in [5, 5.41) is 15.8. The molecule has 1 amide bonds. The molecule has 1 aliphatic rings. The Morgan fingerprint density at radius 2 is 2.26 bits per heavy atom. The predicted octanol–water partition coefficient (Wildman–Crippen LogP) is 3.62. The molecular formula is C18H18N2O6S. The van der Waals surface area contributed by atoms with E-state index in [1.54, 1.807) is 24.4 Å². The van der Waals surface area contributed by atoms with Crippen molar-refractivity contribution in [1.29, 1.82) is 0 Å². The number of carbonyl (C=O) groups is 2. The number of nitro benzene ring substituents is 1. The number of hydrogen-bond donors (Lipinski definition) is 1. The van der Waals surface area contributed by atoms with Gasteiger partial charge < -0.3 is 14.8 Å². The standard InChI is InChI=1S/C18H18N2O6S/c1-2-25-18(22)15-13(11-5-3-6-12(9-11)20(23)24)10-27-17(15)19-16(21)14-7-4-8-26-14/h3,5-6,9-10,14H,2,4,7-8H2,1H3,(H,19,21). The van der Waals surface area contributed by atoms with Gasteiger partial charge in [0.2, 0.25) is 0 Å². The molecule has 0 radical (unpaired) electrons. The number of amides is 1. The van der Waals surface area contributed by atoms with Crippen molar-refractivity contribution in [1.82, 2.24) is 0 Å². The van der Waals surface area contributed by atoms with Gasteiger partial charge in [0, 0.05) is 29.7 Å². The Morgan fingerprint density at radius 3 is 2.93 bits per heavy atom. The zero-order valence-electron chi connectivity index (χ0n) is 14.6. The number of anilines is 1. The number of rotatable bonds is 6. The number of nitrogens with one attached hydrogen (secondary N) is 1. The summed E-state index contributed by atoms with van der Waals surface area (Å²) in [7, 11) is 0. The molecule has 1 atom stereocenters. The zero-order valence-corrected chi connectivity index (χ0v) is 15.4. The molecule has 27 heavy (non-hydrogen) atoms. The van der Waals surface area contributed by atoms with Gasteiger partial charge in [0.1, 0.15) is 16.7 Å². The third-order valence-corrected chi connectivity index (χ3v) is 4.99. The second-order valence-electron chi connectivity index (χ2n) is 5.87. The Kier molecular flexibility index (Phi) is 5.82. The van der Waals surface area contributed by atoms with Crippen LogP contribution in [0.2, 0.25) is 0 Å². The maximum atomic E-state index is 12.5. The van der Waals surface area contributed by atoms with Crippen LogP contribution in [0.25, 0.3) is 11.1 Å². The number of ether oxygens (including phenoxy) is 2. The molecule has 1 fully saturated rings. The van der Waals surface area contributed by atoms with Gasteiger partial charge in [-0.15, -0.1) is 11.3 Å². The number of benzene rings is 1. The maximum Gasteiger partial charge on any atom is 0.341 e. The van der Waals surface area contributed by atoms with E-state index in [2.05, 4.69) is 5.32 Å². The summed E-state index contributed by atoms with van der Waals surface area (Å²) in [5.41, 5.74) is 1.08. The van der Waals surface area contributed by atoms with Gasteiger partial charge in [-0.1, -0.05) is 12.1 Å². The number of thiophene rings is 1. The van der Waals surface area contributed by atoms with E-state index in [-0.39, 0.29) is 23.8 Å². The molecule has 8 nitrogen and oxygen atoms in total. The molecule has 1 unspecified atom stereocenters. The van der Waals surface area contributed by atoms with E-state index in [0.29, 0.717) is 29.2 Å². The van der Waals surface area contributed by atoms with E-state index in [0.717, 1.165) is 6.42 Å². The first kappa shape index (κ1) is 19.0. The van der Waals surface area contributed by atoms with Crippen molar-refractivity contribution in [2.45, 2.75) is 25.9 Å². The molecule has 9 heteroatoms. The lowest BCUT2D eigenvalue weighted by atomic mass is 10.0. The molecule has 1 aromatic heterocycles. The molecule has 0 saturated carbocycles. The Hall–Kier alpha value is -2.78. The fourth-order valence-electron chi connectivity index (χ4n) is 2.83. The van der Waals surface area contributed by atoms with Crippen molar-refractivity contribution >= 4 is 33.9 Å². The number of esters is 1. The van der Waals surface area contributed by atoms with Gasteiger partial charge in [0.15, 0.2) is 0 Å². The average Bonchev–Trinajstić information content (AvgIpc) is 3.32. The van der Waals surface area contributed by atoms with Crippen molar-refractivity contribution < 1.29 is 24.0 Å². The molecule has 0 aliphatic carbocycles. The van der Waals surface area contributed by atoms with Gasteiger partial charge in [-0.25, -0.2) is 4.79 Å². The van der Waals surface area contributed by atoms with Gasteiger partial charge in [-0.2, -0.15) is 0 Å². The number of nitro groups is 1. The molecule has 1 aliphatic heterocycles. The highest BCUT2D eigenvalue weighted by Crippen LogP contribution is 2.37. The molecule has 0 bridgehead atoms. The third kappa shape index (κ3) is 4.15. The van der Waals surface area contributed by atoms with E-state index in [9.17, 15) is 19.7 Å². The fourth-order valence-corrected chi connectivity index (χ4v) is 3.79. The quantitative estimate of drug-likeness (QED) is 0.458. The third-order valence-electron chi connectivity index (χ3n) is 4.10. The number of carbonyl (C=O) groups excluding carboxylic acids is 2. The van der Waals surface area contributed by atoms with Gasteiger partial charge in [-0.05, 0) is 25.3 Å². The van der Waals surface area contributed by atoms with Crippen LogP contribution in [0.3, 0.4) is 0 Å². The summed E-state index contributed by atoms with van der Waals surface area (Å²) < 4.78 is 10.5. The molecule has 142 valence electrons. The number of non-ortho nitro benzene ring substituents is 1. The second kappa shape index (κ2) is 8.28. The Balaban J connectivity index is 1.97. The van der Waals surface area contributed by atoms with Crippen LogP contribution in [0.1, 0.15) is 30.1 Å². The van der Waals surface area contributed by atoms with Crippen molar-refractivity contribution in [3.05, 3.63) is 45.3 Å². The highest BCUT2D eigenvalue weighted by Gasteiger charge is 2.28. The summed E-state index contributed by atoms with van der Waals surface area (Å²) in [6, 6.07) is 5.98. The summed E-state index contributed by atoms with van der Waals surface area (Å²) in [6.45, 7) is 2.39. The largest absolute Gasteiger partial charge is 0.462 e. The van der Waals surface area contributed by atoms with Gasteiger partial charge >= 0.3 is 5.97 Å². The summed E-state index contributed by atoms with van der Waals surface area (Å²) in [4.78, 5) is 35.4. The molecule has 1 N–H and O–H groups in total. The lowest BCUT2D eigenvalue weighted by Crippen LogP contribution is -2.27. The number of hydrogen-bond acceptors (Lipinski definition) is 7. The maximum absolute atomic E-state index is 12.5. The first-order chi connectivity index (χ1) is 13.0. The Bertz CT molecular complexity index is 872. The average molecular weight is 390 g/mol. The Morgan fingerprint density at radius 1 is 1.44 bits per heavy atom. The van der Waals surface area contributed by atoms with Crippen molar-refractivity contribution in [3.63, 3.8) is 0 Å². The molecular weight excluding hydrogens is 372 g/mol. The number of nitrogens with zero attached hydrogens (tertiary/aromatic N) is 1. The topological polar surface area (TPSA) is 108 Å². The van der Waals surface area contributed by atoms with E-state index in [1.165, 1.54) is 23.5 Å². The SMILES string of the molecule is CCOC(=O)c1c(-c2cccc([N+](=O)[O-])c2)csc1NC(=O)C1CCCO1. The van der Waals surface area contributed by atoms with Gasteiger partial charge in [-0.3, -0.25) is 14.9 Å². The lowest BCUT2D eigenvalue weighted by Gasteiger charge is -2.11. The lowest BCUT2D eigenvalue weighted by molar-refractivity contribution is -0.384. The van der Waals surface area contributed by atoms with Crippen molar-refractivity contribution in [3.8, 4) is 11.1 Å². The van der Waals surface area contributed by atoms with Crippen LogP contribution in [0.15, 0.2) is 29.6 Å². The predicted molar refractivity (Wildman–Crippen MR) is 100.0 cm³/mol. The minimum Gasteiger partial charge on any atom is -0.462 e. The minimum atomic E-state index is -0.595. The van der Waals surface area contributed by atoms with Crippen LogP contribution in [0.5, 0.6) is 0 Å². The molecule has 1 saturated heterocycles. The second-order valence-corrected chi connectivity index (χ2v) is 6.75. The van der Waals surface area contributed by atoms with Crippen molar-refractivity contribution in [2.24, 2.45) is 0 Å². The minimum absolute atomic E-state index is 0.0848. The molecule has 3 rings (SSSR count). The van der Waals surface area contributed by atoms with Crippen LogP contribution in [-0.2, 0) is 14.3 Å². The monoisotopic (exact) mass is 390 g/mol. The van der Waals surface area contributed by atoms with Crippen LogP contribution in [-0.4, -0.2) is 36.1 Å². The summed E-state index contributed by atoms with van der Waals surface area (Å²) in [6.07, 6.45) is 0.902. The zero-order chi connectivity index (χ0) is 19.4. The van der Waals surface area contributed by atoms with Gasteiger partial charge in [0.05, 0.1) is 11.5 Å². The highest BCUT2D eigenvalue weighted by molar-refractivity contribution is 7.15. The van der Waals surface area contributed by atoms with E-state index in [1.807, 2.05) is 0 Å². The molecule has 1 aromatic carbocycles. The Labute approximate surface area is 159 Å². The van der Waals surface area contributed by atoms with Crippen molar-refractivity contribution in [2.75, 3.05) is 18.5 Å². The fraction of sp³-hybridized carbons (Fsp3) is 0.333. The van der Waals surface area contributed by atoms with Crippen LogP contribution in [0.4, 0.5) is 10.7 Å². The van der Waals surface area contributed by atoms with E-state index >= 15 is 0 Å².